The van der Waals surface area contributed by atoms with Crippen molar-refractivity contribution in [3.8, 4) is 0 Å². The van der Waals surface area contributed by atoms with Crippen molar-refractivity contribution in [2.24, 2.45) is 0 Å². The van der Waals surface area contributed by atoms with Crippen molar-refractivity contribution < 1.29 is 18.0 Å². The fraction of sp³-hybridized carbons (Fsp3) is 0.900. The number of rotatable bonds is 1. The van der Waals surface area contributed by atoms with Gasteiger partial charge in [-0.1, -0.05) is 0 Å². The Morgan fingerprint density at radius 1 is 1.12 bits per heavy atom. The second kappa shape index (κ2) is 4.45. The van der Waals surface area contributed by atoms with E-state index in [0.717, 1.165) is 18.0 Å². The van der Waals surface area contributed by atoms with Crippen molar-refractivity contribution in [1.82, 2.24) is 14.7 Å². The normalized spacial score (nSPS) is 24.8. The van der Waals surface area contributed by atoms with Gasteiger partial charge in [-0.05, 0) is 7.05 Å². The predicted molar refractivity (Wildman–Crippen MR) is 55.5 cm³/mol. The number of alkyl halides is 3. The van der Waals surface area contributed by atoms with Crippen LogP contribution in [0.25, 0.3) is 0 Å². The van der Waals surface area contributed by atoms with E-state index in [1.165, 1.54) is 0 Å². The standard InChI is InChI=1S/C10H16F3N3O/c1-14-6-8(7-14)15-2-4-16(5-3-15)9(17)10(11,12)13/h8H,2-7H2,1H3. The van der Waals surface area contributed by atoms with E-state index in [9.17, 15) is 18.0 Å². The zero-order valence-corrected chi connectivity index (χ0v) is 9.70. The lowest BCUT2D eigenvalue weighted by atomic mass is 10.1. The Labute approximate surface area is 97.9 Å². The highest BCUT2D eigenvalue weighted by Gasteiger charge is 2.43. The molecule has 98 valence electrons. The molecule has 17 heavy (non-hydrogen) atoms. The third-order valence-electron chi connectivity index (χ3n) is 3.41. The molecule has 0 atom stereocenters. The third-order valence-corrected chi connectivity index (χ3v) is 3.41. The number of carbonyl (C=O) groups excluding carboxylic acids is 1. The molecule has 2 fully saturated rings. The largest absolute Gasteiger partial charge is 0.471 e. The highest BCUT2D eigenvalue weighted by Crippen LogP contribution is 2.21. The fourth-order valence-corrected chi connectivity index (χ4v) is 2.37. The summed E-state index contributed by atoms with van der Waals surface area (Å²) in [5.74, 6) is -1.71. The van der Waals surface area contributed by atoms with Crippen LogP contribution < -0.4 is 0 Å². The highest BCUT2D eigenvalue weighted by molar-refractivity contribution is 5.81. The van der Waals surface area contributed by atoms with Gasteiger partial charge >= 0.3 is 12.1 Å². The highest BCUT2D eigenvalue weighted by atomic mass is 19.4. The van der Waals surface area contributed by atoms with Gasteiger partial charge in [0.1, 0.15) is 0 Å². The topological polar surface area (TPSA) is 26.8 Å². The fourth-order valence-electron chi connectivity index (χ4n) is 2.37. The summed E-state index contributed by atoms with van der Waals surface area (Å²) in [7, 11) is 2.01. The summed E-state index contributed by atoms with van der Waals surface area (Å²) in [5, 5.41) is 0. The molecule has 0 aromatic carbocycles. The van der Waals surface area contributed by atoms with Crippen LogP contribution in [-0.4, -0.2) is 79.1 Å². The van der Waals surface area contributed by atoms with E-state index in [1.807, 2.05) is 7.05 Å². The molecule has 0 aliphatic carbocycles. The van der Waals surface area contributed by atoms with Gasteiger partial charge < -0.3 is 9.80 Å². The van der Waals surface area contributed by atoms with Crippen molar-refractivity contribution in [1.29, 1.82) is 0 Å². The van der Waals surface area contributed by atoms with Crippen molar-refractivity contribution in [3.05, 3.63) is 0 Å². The SMILES string of the molecule is CN1CC(N2CCN(C(=O)C(F)(F)F)CC2)C1. The number of hydrogen-bond donors (Lipinski definition) is 0. The lowest BCUT2D eigenvalue weighted by Gasteiger charge is -2.46. The second-order valence-corrected chi connectivity index (χ2v) is 4.70. The third kappa shape index (κ3) is 2.71. The molecule has 4 nitrogen and oxygen atoms in total. The number of likely N-dealkylation sites (N-methyl/N-ethyl adjacent to an activating group) is 1. The lowest BCUT2D eigenvalue weighted by Crippen LogP contribution is -2.63. The number of hydrogen-bond acceptors (Lipinski definition) is 3. The molecular formula is C10H16F3N3O. The molecule has 2 rings (SSSR count). The van der Waals surface area contributed by atoms with Gasteiger partial charge in [0.2, 0.25) is 0 Å². The first-order chi connectivity index (χ1) is 7.88. The predicted octanol–water partition coefficient (Wildman–Crippen LogP) is 0.00690. The first-order valence-electron chi connectivity index (χ1n) is 5.66. The maximum absolute atomic E-state index is 12.2. The van der Waals surface area contributed by atoms with Crippen molar-refractivity contribution >= 4 is 5.91 Å². The first kappa shape index (κ1) is 12.6. The number of piperazine rings is 1. The van der Waals surface area contributed by atoms with Crippen LogP contribution in [0.4, 0.5) is 13.2 Å². The maximum atomic E-state index is 12.2. The molecule has 0 radical (unpaired) electrons. The van der Waals surface area contributed by atoms with Gasteiger partial charge in [-0.25, -0.2) is 0 Å². The molecule has 2 saturated heterocycles. The van der Waals surface area contributed by atoms with Crippen molar-refractivity contribution in [3.63, 3.8) is 0 Å². The molecule has 0 spiro atoms. The first-order valence-corrected chi connectivity index (χ1v) is 5.66. The minimum atomic E-state index is -4.74. The average molecular weight is 251 g/mol. The summed E-state index contributed by atoms with van der Waals surface area (Å²) in [4.78, 5) is 16.2. The summed E-state index contributed by atoms with van der Waals surface area (Å²) in [5.41, 5.74) is 0. The Bertz CT molecular complexity index is 294. The molecule has 2 heterocycles. The number of amides is 1. The molecular weight excluding hydrogens is 235 g/mol. The Morgan fingerprint density at radius 3 is 2.06 bits per heavy atom. The minimum absolute atomic E-state index is 0.179. The second-order valence-electron chi connectivity index (χ2n) is 4.70. The summed E-state index contributed by atoms with van der Waals surface area (Å²) in [6, 6.07) is 0.447. The summed E-state index contributed by atoms with van der Waals surface area (Å²) in [6.07, 6.45) is -4.74. The van der Waals surface area contributed by atoms with Gasteiger partial charge in [0.15, 0.2) is 0 Å². The van der Waals surface area contributed by atoms with Crippen LogP contribution in [0.3, 0.4) is 0 Å². The zero-order chi connectivity index (χ0) is 12.6. The van der Waals surface area contributed by atoms with Crippen LogP contribution in [0.2, 0.25) is 0 Å². The molecule has 7 heteroatoms. The molecule has 0 aromatic heterocycles. The van der Waals surface area contributed by atoms with Crippen LogP contribution >= 0.6 is 0 Å². The molecule has 2 aliphatic heterocycles. The van der Waals surface area contributed by atoms with E-state index >= 15 is 0 Å². The minimum Gasteiger partial charge on any atom is -0.332 e. The van der Waals surface area contributed by atoms with Gasteiger partial charge in [-0.15, -0.1) is 0 Å². The Hall–Kier alpha value is -0.820. The summed E-state index contributed by atoms with van der Waals surface area (Å²) < 4.78 is 36.6. The summed E-state index contributed by atoms with van der Waals surface area (Å²) >= 11 is 0. The monoisotopic (exact) mass is 251 g/mol. The van der Waals surface area contributed by atoms with Crippen molar-refractivity contribution in [2.75, 3.05) is 46.3 Å². The average Bonchev–Trinajstić information content (AvgIpc) is 2.23. The molecule has 0 aromatic rings. The molecule has 0 bridgehead atoms. The lowest BCUT2D eigenvalue weighted by molar-refractivity contribution is -0.187. The van der Waals surface area contributed by atoms with Gasteiger partial charge in [0.05, 0.1) is 0 Å². The van der Waals surface area contributed by atoms with Crippen LogP contribution in [0.5, 0.6) is 0 Å². The molecule has 2 aliphatic rings. The quantitative estimate of drug-likeness (QED) is 0.656. The van der Waals surface area contributed by atoms with Gasteiger partial charge in [-0.3, -0.25) is 9.69 Å². The smallest absolute Gasteiger partial charge is 0.332 e. The maximum Gasteiger partial charge on any atom is 0.471 e. The number of nitrogens with zero attached hydrogens (tertiary/aromatic N) is 3. The van der Waals surface area contributed by atoms with E-state index < -0.39 is 12.1 Å². The number of carbonyl (C=O) groups is 1. The van der Waals surface area contributed by atoms with Crippen LogP contribution in [-0.2, 0) is 4.79 Å². The van der Waals surface area contributed by atoms with Crippen molar-refractivity contribution in [2.45, 2.75) is 12.2 Å². The Kier molecular flexibility index (Phi) is 3.31. The van der Waals surface area contributed by atoms with Gasteiger partial charge in [0.25, 0.3) is 0 Å². The van der Waals surface area contributed by atoms with E-state index in [4.69, 9.17) is 0 Å². The summed E-state index contributed by atoms with van der Waals surface area (Å²) in [6.45, 7) is 3.37. The van der Waals surface area contributed by atoms with E-state index in [0.29, 0.717) is 19.1 Å². The van der Waals surface area contributed by atoms with Crippen LogP contribution in [0, 0.1) is 0 Å². The van der Waals surface area contributed by atoms with Crippen LogP contribution in [0.15, 0.2) is 0 Å². The van der Waals surface area contributed by atoms with Gasteiger partial charge in [-0.2, -0.15) is 13.2 Å². The number of halogens is 3. The van der Waals surface area contributed by atoms with E-state index in [2.05, 4.69) is 9.80 Å². The Morgan fingerprint density at radius 2 is 1.65 bits per heavy atom. The molecule has 0 saturated carbocycles. The van der Waals surface area contributed by atoms with E-state index in [1.54, 1.807) is 0 Å². The number of likely N-dealkylation sites (tertiary alicyclic amines) is 1. The molecule has 0 unspecified atom stereocenters. The molecule has 0 N–H and O–H groups in total. The van der Waals surface area contributed by atoms with Gasteiger partial charge in [0, 0.05) is 45.3 Å². The Balaban J connectivity index is 1.80. The zero-order valence-electron chi connectivity index (χ0n) is 9.70. The molecule has 1 amide bonds. The van der Waals surface area contributed by atoms with E-state index in [-0.39, 0.29) is 13.1 Å². The van der Waals surface area contributed by atoms with Crippen LogP contribution in [0.1, 0.15) is 0 Å².